The Morgan fingerprint density at radius 1 is 1.26 bits per heavy atom. The highest BCUT2D eigenvalue weighted by Crippen LogP contribution is 2.26. The van der Waals surface area contributed by atoms with E-state index in [2.05, 4.69) is 15.0 Å². The highest BCUT2D eigenvalue weighted by molar-refractivity contribution is 5.46. The van der Waals surface area contributed by atoms with Crippen molar-refractivity contribution in [3.05, 3.63) is 41.6 Å². The van der Waals surface area contributed by atoms with Gasteiger partial charge in [-0.1, -0.05) is 0 Å². The molecule has 0 aliphatic rings. The van der Waals surface area contributed by atoms with E-state index in [9.17, 15) is 4.39 Å². The number of pyridine rings is 1. The summed E-state index contributed by atoms with van der Waals surface area (Å²) in [6, 6.07) is 2.91. The number of methoxy groups -OCH3 is 1. The average Bonchev–Trinajstić information content (AvgIpc) is 2.38. The topological polar surface area (TPSA) is 99.9 Å². The van der Waals surface area contributed by atoms with Gasteiger partial charge in [0.05, 0.1) is 24.4 Å². The van der Waals surface area contributed by atoms with Crippen LogP contribution in [0.25, 0.3) is 0 Å². The molecule has 19 heavy (non-hydrogen) atoms. The number of hydrogen-bond donors (Lipinski definition) is 2. The van der Waals surface area contributed by atoms with Gasteiger partial charge in [0.2, 0.25) is 5.95 Å². The lowest BCUT2D eigenvalue weighted by Crippen LogP contribution is -2.14. The third-order valence-electron chi connectivity index (χ3n) is 2.68. The second kappa shape index (κ2) is 5.57. The predicted octanol–water partition coefficient (Wildman–Crippen LogP) is 0.953. The number of anilines is 2. The predicted molar refractivity (Wildman–Crippen MR) is 68.8 cm³/mol. The third kappa shape index (κ3) is 2.94. The molecular formula is C12H14FN5O. The van der Waals surface area contributed by atoms with Crippen LogP contribution in [0.3, 0.4) is 0 Å². The van der Waals surface area contributed by atoms with E-state index < -0.39 is 5.82 Å². The van der Waals surface area contributed by atoms with Gasteiger partial charge < -0.3 is 16.2 Å². The monoisotopic (exact) mass is 263 g/mol. The van der Waals surface area contributed by atoms with Crippen molar-refractivity contribution in [2.75, 3.05) is 25.2 Å². The van der Waals surface area contributed by atoms with E-state index in [0.717, 1.165) is 6.20 Å². The molecule has 0 fully saturated rings. The van der Waals surface area contributed by atoms with Gasteiger partial charge in [-0.15, -0.1) is 0 Å². The van der Waals surface area contributed by atoms with E-state index in [1.807, 2.05) is 0 Å². The number of aromatic nitrogens is 3. The molecule has 0 amide bonds. The summed E-state index contributed by atoms with van der Waals surface area (Å²) in [5.74, 6) is -0.308. The molecule has 4 N–H and O–H groups in total. The fourth-order valence-electron chi connectivity index (χ4n) is 1.78. The Bertz CT molecular complexity index is 561. The van der Waals surface area contributed by atoms with Crippen LogP contribution in [-0.4, -0.2) is 28.7 Å². The van der Waals surface area contributed by atoms with Crippen molar-refractivity contribution >= 4 is 11.8 Å². The van der Waals surface area contributed by atoms with E-state index in [0.29, 0.717) is 17.9 Å². The maximum Gasteiger partial charge on any atom is 0.221 e. The van der Waals surface area contributed by atoms with Crippen molar-refractivity contribution in [1.29, 1.82) is 0 Å². The van der Waals surface area contributed by atoms with Gasteiger partial charge in [0, 0.05) is 18.9 Å². The van der Waals surface area contributed by atoms with Crippen LogP contribution in [0.15, 0.2) is 24.5 Å². The first-order valence-electron chi connectivity index (χ1n) is 5.60. The van der Waals surface area contributed by atoms with E-state index in [1.165, 1.54) is 12.3 Å². The summed E-state index contributed by atoms with van der Waals surface area (Å²) in [5, 5.41) is 0. The van der Waals surface area contributed by atoms with Gasteiger partial charge in [-0.3, -0.25) is 4.98 Å². The van der Waals surface area contributed by atoms with Crippen LogP contribution in [0.5, 0.6) is 0 Å². The third-order valence-corrected chi connectivity index (χ3v) is 2.68. The number of rotatable bonds is 4. The van der Waals surface area contributed by atoms with Gasteiger partial charge in [0.15, 0.2) is 0 Å². The van der Waals surface area contributed by atoms with Crippen LogP contribution >= 0.6 is 0 Å². The summed E-state index contributed by atoms with van der Waals surface area (Å²) in [6.45, 7) is 0.329. The molecule has 7 heteroatoms. The molecule has 2 rings (SSSR count). The fourth-order valence-corrected chi connectivity index (χ4v) is 1.78. The van der Waals surface area contributed by atoms with Crippen LogP contribution in [0, 0.1) is 5.82 Å². The maximum atomic E-state index is 12.9. The number of nitrogens with zero attached hydrogens (tertiary/aromatic N) is 3. The zero-order valence-electron chi connectivity index (χ0n) is 10.4. The normalized spacial score (nSPS) is 12.3. The molecule has 0 radical (unpaired) electrons. The zero-order chi connectivity index (χ0) is 13.8. The molecular weight excluding hydrogens is 249 g/mol. The smallest absolute Gasteiger partial charge is 0.221 e. The summed E-state index contributed by atoms with van der Waals surface area (Å²) in [5.41, 5.74) is 12.6. The van der Waals surface area contributed by atoms with E-state index in [-0.39, 0.29) is 17.7 Å². The Morgan fingerprint density at radius 2 is 2.05 bits per heavy atom. The standard InChI is InChI=1S/C12H14FN5O/c1-19-6-9(10-3-2-7(13)4-16-10)8-5-17-12(15)18-11(8)14/h2-5,9H,6H2,1H3,(H4,14,15,17,18). The van der Waals surface area contributed by atoms with Crippen molar-refractivity contribution in [2.45, 2.75) is 5.92 Å². The lowest BCUT2D eigenvalue weighted by molar-refractivity contribution is 0.188. The molecule has 0 aliphatic heterocycles. The largest absolute Gasteiger partial charge is 0.384 e. The maximum absolute atomic E-state index is 12.9. The Hall–Kier alpha value is -2.28. The Kier molecular flexibility index (Phi) is 3.86. The highest BCUT2D eigenvalue weighted by Gasteiger charge is 2.19. The summed E-state index contributed by atoms with van der Waals surface area (Å²) in [6.07, 6.45) is 2.68. The molecule has 0 bridgehead atoms. The zero-order valence-corrected chi connectivity index (χ0v) is 10.4. The lowest BCUT2D eigenvalue weighted by atomic mass is 9.97. The Morgan fingerprint density at radius 3 is 2.63 bits per heavy atom. The molecule has 2 heterocycles. The molecule has 0 saturated heterocycles. The van der Waals surface area contributed by atoms with E-state index >= 15 is 0 Å². The lowest BCUT2D eigenvalue weighted by Gasteiger charge is -2.17. The number of nitrogen functional groups attached to an aromatic ring is 2. The van der Waals surface area contributed by atoms with Crippen molar-refractivity contribution in [3.63, 3.8) is 0 Å². The first-order chi connectivity index (χ1) is 9.11. The minimum atomic E-state index is -0.401. The van der Waals surface area contributed by atoms with Gasteiger partial charge in [-0.2, -0.15) is 4.98 Å². The Balaban J connectivity index is 2.41. The SMILES string of the molecule is COCC(c1ccc(F)cn1)c1cnc(N)nc1N. The number of nitrogens with two attached hydrogens (primary N) is 2. The second-order valence-electron chi connectivity index (χ2n) is 3.98. The summed E-state index contributed by atoms with van der Waals surface area (Å²) in [7, 11) is 1.56. The number of ether oxygens (including phenoxy) is 1. The van der Waals surface area contributed by atoms with Gasteiger partial charge in [-0.25, -0.2) is 9.37 Å². The second-order valence-corrected chi connectivity index (χ2v) is 3.98. The van der Waals surface area contributed by atoms with Crippen molar-refractivity contribution < 1.29 is 9.13 Å². The Labute approximate surface area is 109 Å². The molecule has 1 atom stereocenters. The van der Waals surface area contributed by atoms with E-state index in [1.54, 1.807) is 13.2 Å². The molecule has 2 aromatic heterocycles. The quantitative estimate of drug-likeness (QED) is 0.852. The molecule has 0 aromatic carbocycles. The molecule has 0 spiro atoms. The minimum absolute atomic E-state index is 0.101. The van der Waals surface area contributed by atoms with Gasteiger partial charge in [-0.05, 0) is 12.1 Å². The molecule has 2 aromatic rings. The molecule has 0 saturated carbocycles. The van der Waals surface area contributed by atoms with Crippen LogP contribution < -0.4 is 11.5 Å². The van der Waals surface area contributed by atoms with Crippen molar-refractivity contribution in [2.24, 2.45) is 0 Å². The van der Waals surface area contributed by atoms with E-state index in [4.69, 9.17) is 16.2 Å². The number of halogens is 1. The molecule has 6 nitrogen and oxygen atoms in total. The summed E-state index contributed by atoms with van der Waals surface area (Å²) < 4.78 is 18.1. The summed E-state index contributed by atoms with van der Waals surface area (Å²) in [4.78, 5) is 11.9. The fraction of sp³-hybridized carbons (Fsp3) is 0.250. The van der Waals surface area contributed by atoms with Crippen LogP contribution in [0.2, 0.25) is 0 Å². The van der Waals surface area contributed by atoms with Gasteiger partial charge in [0.25, 0.3) is 0 Å². The highest BCUT2D eigenvalue weighted by atomic mass is 19.1. The number of hydrogen-bond acceptors (Lipinski definition) is 6. The van der Waals surface area contributed by atoms with Gasteiger partial charge >= 0.3 is 0 Å². The molecule has 100 valence electrons. The van der Waals surface area contributed by atoms with Crippen LogP contribution in [0.1, 0.15) is 17.2 Å². The van der Waals surface area contributed by atoms with Crippen molar-refractivity contribution in [1.82, 2.24) is 15.0 Å². The minimum Gasteiger partial charge on any atom is -0.384 e. The summed E-state index contributed by atoms with van der Waals surface area (Å²) >= 11 is 0. The van der Waals surface area contributed by atoms with Crippen LogP contribution in [-0.2, 0) is 4.74 Å². The molecule has 1 unspecified atom stereocenters. The first-order valence-corrected chi connectivity index (χ1v) is 5.60. The average molecular weight is 263 g/mol. The first kappa shape index (κ1) is 13.2. The van der Waals surface area contributed by atoms with Gasteiger partial charge in [0.1, 0.15) is 11.6 Å². The molecule has 0 aliphatic carbocycles. The van der Waals surface area contributed by atoms with Crippen LogP contribution in [0.4, 0.5) is 16.2 Å². The van der Waals surface area contributed by atoms with Crippen molar-refractivity contribution in [3.8, 4) is 0 Å².